The zero-order valence-corrected chi connectivity index (χ0v) is 11.5. The normalized spacial score (nSPS) is 17.9. The van der Waals surface area contributed by atoms with Gasteiger partial charge in [0, 0.05) is 24.7 Å². The van der Waals surface area contributed by atoms with Crippen molar-refractivity contribution in [1.82, 2.24) is 4.90 Å². The van der Waals surface area contributed by atoms with Crippen molar-refractivity contribution in [2.75, 3.05) is 19.6 Å². The van der Waals surface area contributed by atoms with Crippen LogP contribution < -0.4 is 5.73 Å². The van der Waals surface area contributed by atoms with Crippen LogP contribution >= 0.6 is 23.2 Å². The molecule has 0 spiro atoms. The van der Waals surface area contributed by atoms with Gasteiger partial charge in [-0.2, -0.15) is 0 Å². The molecular weight excluding hydrogens is 271 g/mol. The molecule has 0 atom stereocenters. The highest BCUT2D eigenvalue weighted by Crippen LogP contribution is 2.26. The van der Waals surface area contributed by atoms with Crippen molar-refractivity contribution < 1.29 is 4.79 Å². The van der Waals surface area contributed by atoms with Crippen molar-refractivity contribution >= 4 is 29.0 Å². The summed E-state index contributed by atoms with van der Waals surface area (Å²) in [7, 11) is 0. The number of hydrogen-bond donors (Lipinski definition) is 1. The van der Waals surface area contributed by atoms with Crippen LogP contribution in [0.3, 0.4) is 0 Å². The van der Waals surface area contributed by atoms with Gasteiger partial charge in [-0.25, -0.2) is 0 Å². The van der Waals surface area contributed by atoms with E-state index in [1.165, 1.54) is 0 Å². The molecule has 0 aromatic heterocycles. The van der Waals surface area contributed by atoms with Crippen LogP contribution in [0, 0.1) is 0 Å². The minimum atomic E-state index is 0.0120. The zero-order chi connectivity index (χ0) is 13.1. The summed E-state index contributed by atoms with van der Waals surface area (Å²) < 4.78 is 0. The summed E-state index contributed by atoms with van der Waals surface area (Å²) in [5, 5.41) is 0.765. The van der Waals surface area contributed by atoms with Gasteiger partial charge in [0.1, 0.15) is 0 Å². The van der Waals surface area contributed by atoms with Crippen molar-refractivity contribution in [3.05, 3.63) is 33.8 Å². The lowest BCUT2D eigenvalue weighted by Crippen LogP contribution is -2.41. The van der Waals surface area contributed by atoms with Gasteiger partial charge in [-0.3, -0.25) is 9.69 Å². The number of hydrogen-bond acceptors (Lipinski definition) is 3. The highest BCUT2D eigenvalue weighted by atomic mass is 35.5. The average molecular weight is 287 g/mol. The minimum Gasteiger partial charge on any atom is -0.328 e. The van der Waals surface area contributed by atoms with E-state index in [-0.39, 0.29) is 11.8 Å². The molecule has 1 aliphatic heterocycles. The number of piperidine rings is 1. The third-order valence-electron chi connectivity index (χ3n) is 3.25. The summed E-state index contributed by atoms with van der Waals surface area (Å²) in [6.45, 7) is 2.11. The molecule has 1 aromatic carbocycles. The number of nitrogens with two attached hydrogens (primary N) is 1. The van der Waals surface area contributed by atoms with Crippen LogP contribution in [0.25, 0.3) is 0 Å². The van der Waals surface area contributed by atoms with Crippen molar-refractivity contribution in [2.24, 2.45) is 5.73 Å². The number of Topliss-reactive ketones (excluding diaryl/α,β-unsaturated/α-hetero) is 1. The number of likely N-dealkylation sites (tertiary alicyclic amines) is 1. The molecule has 2 rings (SSSR count). The molecule has 0 bridgehead atoms. The largest absolute Gasteiger partial charge is 0.328 e. The molecule has 0 saturated carbocycles. The van der Waals surface area contributed by atoms with Crippen LogP contribution in [0.15, 0.2) is 18.2 Å². The topological polar surface area (TPSA) is 46.3 Å². The number of rotatable bonds is 3. The first-order valence-electron chi connectivity index (χ1n) is 6.03. The predicted molar refractivity (Wildman–Crippen MR) is 74.4 cm³/mol. The zero-order valence-electron chi connectivity index (χ0n) is 10.0. The number of benzene rings is 1. The van der Waals surface area contributed by atoms with E-state index < -0.39 is 0 Å². The number of carbonyl (C=O) groups is 1. The van der Waals surface area contributed by atoms with Gasteiger partial charge in [0.25, 0.3) is 0 Å². The van der Waals surface area contributed by atoms with Gasteiger partial charge in [-0.05, 0) is 25.0 Å². The maximum Gasteiger partial charge on any atom is 0.178 e. The van der Waals surface area contributed by atoms with Gasteiger partial charge < -0.3 is 5.73 Å². The van der Waals surface area contributed by atoms with Crippen LogP contribution in [0.1, 0.15) is 23.2 Å². The molecule has 0 radical (unpaired) electrons. The van der Waals surface area contributed by atoms with Gasteiger partial charge in [0.15, 0.2) is 5.78 Å². The molecule has 1 heterocycles. The van der Waals surface area contributed by atoms with Gasteiger partial charge in [-0.15, -0.1) is 0 Å². The van der Waals surface area contributed by atoms with E-state index in [4.69, 9.17) is 28.9 Å². The Morgan fingerprint density at radius 2 is 2.00 bits per heavy atom. The molecule has 0 unspecified atom stereocenters. The highest BCUT2D eigenvalue weighted by Gasteiger charge is 2.20. The van der Waals surface area contributed by atoms with E-state index in [1.54, 1.807) is 18.2 Å². The molecule has 1 saturated heterocycles. The standard InChI is InChI=1S/C13H16Cl2N2O/c14-11-3-1-2-10(13(11)15)12(18)8-17-6-4-9(16)5-7-17/h1-3,9H,4-8,16H2. The monoisotopic (exact) mass is 286 g/mol. The molecule has 3 nitrogen and oxygen atoms in total. The first-order chi connectivity index (χ1) is 8.58. The summed E-state index contributed by atoms with van der Waals surface area (Å²) >= 11 is 11.9. The average Bonchev–Trinajstić information content (AvgIpc) is 2.35. The van der Waals surface area contributed by atoms with E-state index in [0.29, 0.717) is 22.2 Å². The quantitative estimate of drug-likeness (QED) is 0.869. The number of ketones is 1. The van der Waals surface area contributed by atoms with Gasteiger partial charge in [0.05, 0.1) is 16.6 Å². The summed E-state index contributed by atoms with van der Waals surface area (Å²) in [6, 6.07) is 5.41. The summed E-state index contributed by atoms with van der Waals surface area (Å²) in [4.78, 5) is 14.3. The fraction of sp³-hybridized carbons (Fsp3) is 0.462. The smallest absolute Gasteiger partial charge is 0.178 e. The lowest BCUT2D eigenvalue weighted by molar-refractivity contribution is 0.0910. The molecule has 1 fully saturated rings. The van der Waals surface area contributed by atoms with Gasteiger partial charge >= 0.3 is 0 Å². The number of halogens is 2. The SMILES string of the molecule is NC1CCN(CC(=O)c2cccc(Cl)c2Cl)CC1. The Kier molecular flexibility index (Phi) is 4.62. The maximum absolute atomic E-state index is 12.2. The first kappa shape index (κ1) is 13.8. The van der Waals surface area contributed by atoms with Crippen molar-refractivity contribution in [3.8, 4) is 0 Å². The third kappa shape index (κ3) is 3.23. The Hall–Kier alpha value is -0.610. The molecule has 2 N–H and O–H groups in total. The Labute approximate surface area is 117 Å². The third-order valence-corrected chi connectivity index (χ3v) is 4.07. The van der Waals surface area contributed by atoms with Crippen LogP contribution in [-0.2, 0) is 0 Å². The second-order valence-electron chi connectivity index (χ2n) is 4.64. The van der Waals surface area contributed by atoms with Crippen LogP contribution in [-0.4, -0.2) is 36.4 Å². The number of carbonyl (C=O) groups excluding carboxylic acids is 1. The molecule has 1 aliphatic rings. The molecule has 18 heavy (non-hydrogen) atoms. The molecule has 1 aromatic rings. The van der Waals surface area contributed by atoms with E-state index in [1.807, 2.05) is 0 Å². The number of nitrogens with zero attached hydrogens (tertiary/aromatic N) is 1. The van der Waals surface area contributed by atoms with Gasteiger partial charge in [0.2, 0.25) is 0 Å². The van der Waals surface area contributed by atoms with Gasteiger partial charge in [-0.1, -0.05) is 29.3 Å². The Morgan fingerprint density at radius 3 is 2.67 bits per heavy atom. The lowest BCUT2D eigenvalue weighted by atomic mass is 10.0. The molecule has 0 amide bonds. The van der Waals surface area contributed by atoms with E-state index in [9.17, 15) is 4.79 Å². The second-order valence-corrected chi connectivity index (χ2v) is 5.42. The van der Waals surface area contributed by atoms with Crippen LogP contribution in [0.4, 0.5) is 0 Å². The van der Waals surface area contributed by atoms with Crippen molar-refractivity contribution in [2.45, 2.75) is 18.9 Å². The first-order valence-corrected chi connectivity index (χ1v) is 6.78. The fourth-order valence-corrected chi connectivity index (χ4v) is 2.52. The maximum atomic E-state index is 12.2. The summed E-state index contributed by atoms with van der Waals surface area (Å²) in [5.74, 6) is 0.0120. The fourth-order valence-electron chi connectivity index (χ4n) is 2.12. The lowest BCUT2D eigenvalue weighted by Gasteiger charge is -2.29. The van der Waals surface area contributed by atoms with E-state index in [0.717, 1.165) is 25.9 Å². The second kappa shape index (κ2) is 6.02. The predicted octanol–water partition coefficient (Wildman–Crippen LogP) is 2.60. The molecule has 0 aliphatic carbocycles. The minimum absolute atomic E-state index is 0.0120. The Bertz CT molecular complexity index is 443. The van der Waals surface area contributed by atoms with Crippen molar-refractivity contribution in [1.29, 1.82) is 0 Å². The Balaban J connectivity index is 2.01. The van der Waals surface area contributed by atoms with Crippen LogP contribution in [0.2, 0.25) is 10.0 Å². The molecule has 98 valence electrons. The Morgan fingerprint density at radius 1 is 1.33 bits per heavy atom. The van der Waals surface area contributed by atoms with E-state index >= 15 is 0 Å². The highest BCUT2D eigenvalue weighted by molar-refractivity contribution is 6.43. The summed E-state index contributed by atoms with van der Waals surface area (Å²) in [6.07, 6.45) is 1.88. The van der Waals surface area contributed by atoms with Crippen LogP contribution in [0.5, 0.6) is 0 Å². The molecule has 5 heteroatoms. The van der Waals surface area contributed by atoms with E-state index in [2.05, 4.69) is 4.90 Å². The van der Waals surface area contributed by atoms with Crippen molar-refractivity contribution in [3.63, 3.8) is 0 Å². The molecular formula is C13H16Cl2N2O. The summed E-state index contributed by atoms with van der Waals surface area (Å²) in [5.41, 5.74) is 6.33.